The molecule has 0 fully saturated rings. The lowest BCUT2D eigenvalue weighted by molar-refractivity contribution is 1.17. The molecule has 5 nitrogen and oxygen atoms in total. The molecule has 0 bridgehead atoms. The van der Waals surface area contributed by atoms with Crippen molar-refractivity contribution in [2.75, 3.05) is 5.43 Å². The molecule has 2 aromatic rings. The average molecular weight is 261 g/mol. The predicted octanol–water partition coefficient (Wildman–Crippen LogP) is 2.52. The number of imidazole rings is 1. The number of nitrogens with one attached hydrogen (secondary N) is 2. The van der Waals surface area contributed by atoms with Gasteiger partial charge >= 0.3 is 0 Å². The Morgan fingerprint density at radius 3 is 2.67 bits per heavy atom. The van der Waals surface area contributed by atoms with Crippen molar-refractivity contribution < 1.29 is 0 Å². The van der Waals surface area contributed by atoms with Crippen LogP contribution >= 0.6 is 11.9 Å². The van der Waals surface area contributed by atoms with Gasteiger partial charge in [0.05, 0.1) is 5.71 Å². The minimum Gasteiger partial charge on any atom is -0.327 e. The van der Waals surface area contributed by atoms with Crippen LogP contribution in [0.15, 0.2) is 40.5 Å². The monoisotopic (exact) mass is 261 g/mol. The number of rotatable bonds is 4. The lowest BCUT2D eigenvalue weighted by atomic mass is 10.1. The maximum Gasteiger partial charge on any atom is 0.221 e. The van der Waals surface area contributed by atoms with Gasteiger partial charge in [-0.15, -0.1) is 0 Å². The number of hydrogen-bond acceptors (Lipinski definition) is 5. The van der Waals surface area contributed by atoms with Gasteiger partial charge in [-0.3, -0.25) is 5.14 Å². The zero-order chi connectivity index (χ0) is 13.0. The molecular formula is C12H15N5S. The van der Waals surface area contributed by atoms with Crippen LogP contribution in [0.2, 0.25) is 0 Å². The van der Waals surface area contributed by atoms with Gasteiger partial charge in [0, 0.05) is 16.8 Å². The van der Waals surface area contributed by atoms with E-state index in [2.05, 4.69) is 20.5 Å². The smallest absolute Gasteiger partial charge is 0.221 e. The molecule has 0 aliphatic carbocycles. The van der Waals surface area contributed by atoms with Gasteiger partial charge < -0.3 is 4.98 Å². The molecule has 94 valence electrons. The van der Waals surface area contributed by atoms with Crippen molar-refractivity contribution >= 4 is 23.6 Å². The Bertz CT molecular complexity index is 544. The van der Waals surface area contributed by atoms with E-state index < -0.39 is 0 Å². The molecule has 0 unspecified atom stereocenters. The number of aryl methyl sites for hydroxylation is 1. The summed E-state index contributed by atoms with van der Waals surface area (Å²) in [6, 6.07) is 7.91. The molecule has 4 N–H and O–H groups in total. The van der Waals surface area contributed by atoms with E-state index >= 15 is 0 Å². The summed E-state index contributed by atoms with van der Waals surface area (Å²) < 4.78 is 0. The van der Waals surface area contributed by atoms with Crippen molar-refractivity contribution in [2.45, 2.75) is 18.7 Å². The highest BCUT2D eigenvalue weighted by Gasteiger charge is 1.99. The normalized spacial score (nSPS) is 11.6. The largest absolute Gasteiger partial charge is 0.327 e. The quantitative estimate of drug-likeness (QED) is 0.449. The van der Waals surface area contributed by atoms with Gasteiger partial charge in [0.1, 0.15) is 0 Å². The third-order valence-corrected chi connectivity index (χ3v) is 2.98. The molecule has 0 spiro atoms. The molecule has 0 amide bonds. The summed E-state index contributed by atoms with van der Waals surface area (Å²) in [6.07, 6.45) is 1.75. The SMILES string of the molecule is C/C(=N\Nc1ncc(C)[nH]1)c1ccc(SN)cc1. The highest BCUT2D eigenvalue weighted by Crippen LogP contribution is 2.13. The molecule has 6 heteroatoms. The van der Waals surface area contributed by atoms with Gasteiger partial charge in [-0.2, -0.15) is 5.10 Å². The summed E-state index contributed by atoms with van der Waals surface area (Å²) in [4.78, 5) is 8.20. The molecule has 1 aromatic heterocycles. The van der Waals surface area contributed by atoms with Crippen molar-refractivity contribution in [3.63, 3.8) is 0 Å². The van der Waals surface area contributed by atoms with E-state index in [1.807, 2.05) is 38.1 Å². The van der Waals surface area contributed by atoms with Crippen LogP contribution in [0.3, 0.4) is 0 Å². The van der Waals surface area contributed by atoms with E-state index in [4.69, 9.17) is 5.14 Å². The van der Waals surface area contributed by atoms with E-state index in [1.165, 1.54) is 11.9 Å². The molecular weight excluding hydrogens is 246 g/mol. The third kappa shape index (κ3) is 3.12. The Kier molecular flexibility index (Phi) is 4.01. The number of anilines is 1. The average Bonchev–Trinajstić information content (AvgIpc) is 2.82. The Morgan fingerprint density at radius 2 is 2.11 bits per heavy atom. The number of H-pyrrole nitrogens is 1. The highest BCUT2D eigenvalue weighted by atomic mass is 32.2. The molecule has 18 heavy (non-hydrogen) atoms. The zero-order valence-electron chi connectivity index (χ0n) is 10.3. The topological polar surface area (TPSA) is 79.1 Å². The predicted molar refractivity (Wildman–Crippen MR) is 75.6 cm³/mol. The van der Waals surface area contributed by atoms with Crippen LogP contribution in [-0.4, -0.2) is 15.7 Å². The van der Waals surface area contributed by atoms with E-state index in [9.17, 15) is 0 Å². The van der Waals surface area contributed by atoms with E-state index in [0.29, 0.717) is 5.95 Å². The van der Waals surface area contributed by atoms with Gasteiger partial charge in [-0.05, 0) is 43.5 Å². The van der Waals surface area contributed by atoms with Gasteiger partial charge in [0.15, 0.2) is 0 Å². The fourth-order valence-corrected chi connectivity index (χ4v) is 1.74. The van der Waals surface area contributed by atoms with Crippen molar-refractivity contribution in [1.82, 2.24) is 9.97 Å². The van der Waals surface area contributed by atoms with E-state index in [1.54, 1.807) is 6.20 Å². The van der Waals surface area contributed by atoms with Crippen LogP contribution in [0, 0.1) is 6.92 Å². The molecule has 0 saturated carbocycles. The van der Waals surface area contributed by atoms with Crippen LogP contribution in [0.4, 0.5) is 5.95 Å². The maximum atomic E-state index is 5.47. The summed E-state index contributed by atoms with van der Waals surface area (Å²) in [5.74, 6) is 0.640. The lowest BCUT2D eigenvalue weighted by Crippen LogP contribution is -2.00. The summed E-state index contributed by atoms with van der Waals surface area (Å²) in [5, 5.41) is 9.74. The van der Waals surface area contributed by atoms with E-state index in [0.717, 1.165) is 21.9 Å². The first-order valence-electron chi connectivity index (χ1n) is 5.48. The number of hydrogen-bond donors (Lipinski definition) is 3. The summed E-state index contributed by atoms with van der Waals surface area (Å²) >= 11 is 1.23. The first kappa shape index (κ1) is 12.7. The molecule has 1 heterocycles. The summed E-state index contributed by atoms with van der Waals surface area (Å²) in [7, 11) is 0. The zero-order valence-corrected chi connectivity index (χ0v) is 11.1. The molecule has 0 radical (unpaired) electrons. The maximum absolute atomic E-state index is 5.47. The molecule has 0 aliphatic heterocycles. The van der Waals surface area contributed by atoms with Crippen molar-refractivity contribution in [2.24, 2.45) is 10.2 Å². The number of benzene rings is 1. The van der Waals surface area contributed by atoms with Gasteiger partial charge in [-0.25, -0.2) is 10.4 Å². The van der Waals surface area contributed by atoms with Crippen molar-refractivity contribution in [3.05, 3.63) is 41.7 Å². The molecule has 0 saturated heterocycles. The summed E-state index contributed by atoms with van der Waals surface area (Å²) in [6.45, 7) is 3.88. The van der Waals surface area contributed by atoms with Gasteiger partial charge in [0.25, 0.3) is 0 Å². The van der Waals surface area contributed by atoms with Gasteiger partial charge in [-0.1, -0.05) is 12.1 Å². The van der Waals surface area contributed by atoms with Crippen LogP contribution in [0.5, 0.6) is 0 Å². The number of aromatic amines is 1. The Hall–Kier alpha value is -1.79. The first-order valence-corrected chi connectivity index (χ1v) is 6.36. The summed E-state index contributed by atoms with van der Waals surface area (Å²) in [5.41, 5.74) is 5.81. The van der Waals surface area contributed by atoms with E-state index in [-0.39, 0.29) is 0 Å². The van der Waals surface area contributed by atoms with Crippen LogP contribution < -0.4 is 10.6 Å². The molecule has 2 rings (SSSR count). The molecule has 0 aliphatic rings. The Balaban J connectivity index is 2.07. The minimum absolute atomic E-state index is 0.640. The van der Waals surface area contributed by atoms with Crippen molar-refractivity contribution in [3.8, 4) is 0 Å². The Morgan fingerprint density at radius 1 is 1.39 bits per heavy atom. The second-order valence-electron chi connectivity index (χ2n) is 3.87. The first-order chi connectivity index (χ1) is 8.69. The number of aromatic nitrogens is 2. The minimum atomic E-state index is 0.640. The van der Waals surface area contributed by atoms with Crippen LogP contribution in [0.25, 0.3) is 0 Å². The number of nitrogens with zero attached hydrogens (tertiary/aromatic N) is 2. The Labute approximate surface area is 110 Å². The lowest BCUT2D eigenvalue weighted by Gasteiger charge is -2.02. The van der Waals surface area contributed by atoms with Crippen LogP contribution in [0.1, 0.15) is 18.2 Å². The second-order valence-corrected chi connectivity index (χ2v) is 4.57. The molecule has 0 atom stereocenters. The van der Waals surface area contributed by atoms with Crippen molar-refractivity contribution in [1.29, 1.82) is 0 Å². The van der Waals surface area contributed by atoms with Crippen LogP contribution in [-0.2, 0) is 0 Å². The second kappa shape index (κ2) is 5.70. The molecule has 1 aromatic carbocycles. The highest BCUT2D eigenvalue weighted by molar-refractivity contribution is 7.97. The number of hydrazone groups is 1. The third-order valence-electron chi connectivity index (χ3n) is 2.44. The standard InChI is InChI=1S/C12H15N5S/c1-8-7-14-12(15-8)17-16-9(2)10-3-5-11(18-13)6-4-10/h3-7H,13H2,1-2H3,(H2,14,15,17)/b16-9+. The van der Waals surface area contributed by atoms with Gasteiger partial charge in [0.2, 0.25) is 5.95 Å². The number of nitrogens with two attached hydrogens (primary N) is 1. The fraction of sp³-hybridized carbons (Fsp3) is 0.167. The fourth-order valence-electron chi connectivity index (χ4n) is 1.45.